The molecule has 2 rings (SSSR count). The van der Waals surface area contributed by atoms with Crippen LogP contribution in [0.25, 0.3) is 0 Å². The maximum Gasteiger partial charge on any atom is 0.293 e. The number of H-pyrrole nitrogens is 1. The number of para-hydroxylation sites is 1. The molecule has 1 aromatic carbocycles. The van der Waals surface area contributed by atoms with E-state index in [0.717, 1.165) is 0 Å². The predicted octanol–water partition coefficient (Wildman–Crippen LogP) is 1.37. The molecule has 0 amide bonds. The standard InChI is InChI=1S/C8H7ClN6O2/c9-5-2-1-3-6(15(16)17)8(5)10-4-7-11-13-14-12-7/h1-3,10H,4H2,(H,11,12,13,14). The number of rotatable bonds is 4. The minimum atomic E-state index is -0.509. The maximum atomic E-state index is 10.8. The zero-order valence-electron chi connectivity index (χ0n) is 8.42. The second-order valence-electron chi connectivity index (χ2n) is 3.07. The Kier molecular flexibility index (Phi) is 3.15. The molecule has 0 aliphatic heterocycles. The van der Waals surface area contributed by atoms with Crippen molar-refractivity contribution < 1.29 is 4.92 Å². The van der Waals surface area contributed by atoms with E-state index in [4.69, 9.17) is 11.6 Å². The molecule has 8 nitrogen and oxygen atoms in total. The van der Waals surface area contributed by atoms with Crippen LogP contribution in [0.5, 0.6) is 0 Å². The van der Waals surface area contributed by atoms with Gasteiger partial charge in [-0.3, -0.25) is 10.1 Å². The molecule has 0 saturated heterocycles. The third-order valence-corrected chi connectivity index (χ3v) is 2.32. The van der Waals surface area contributed by atoms with Crippen molar-refractivity contribution in [2.24, 2.45) is 0 Å². The first-order valence-electron chi connectivity index (χ1n) is 4.57. The highest BCUT2D eigenvalue weighted by Crippen LogP contribution is 2.31. The molecule has 2 N–H and O–H groups in total. The number of tetrazole rings is 1. The van der Waals surface area contributed by atoms with E-state index in [0.29, 0.717) is 5.82 Å². The van der Waals surface area contributed by atoms with Crippen molar-refractivity contribution in [3.63, 3.8) is 0 Å². The van der Waals surface area contributed by atoms with E-state index in [1.807, 2.05) is 0 Å². The van der Waals surface area contributed by atoms with E-state index in [1.54, 1.807) is 6.07 Å². The Morgan fingerprint density at radius 3 is 3.00 bits per heavy atom. The minimum Gasteiger partial charge on any atom is -0.371 e. The van der Waals surface area contributed by atoms with Crippen LogP contribution >= 0.6 is 11.6 Å². The van der Waals surface area contributed by atoms with Gasteiger partial charge in [-0.1, -0.05) is 22.9 Å². The van der Waals surface area contributed by atoms with E-state index in [2.05, 4.69) is 25.9 Å². The van der Waals surface area contributed by atoms with Gasteiger partial charge in [-0.05, 0) is 6.07 Å². The molecular weight excluding hydrogens is 248 g/mol. The van der Waals surface area contributed by atoms with Crippen LogP contribution in [0.2, 0.25) is 5.02 Å². The molecule has 1 heterocycles. The van der Waals surface area contributed by atoms with Gasteiger partial charge in [0.1, 0.15) is 5.69 Å². The summed E-state index contributed by atoms with van der Waals surface area (Å²) in [5, 5.41) is 26.9. The van der Waals surface area contributed by atoms with Crippen molar-refractivity contribution >= 4 is 23.0 Å². The highest BCUT2D eigenvalue weighted by atomic mass is 35.5. The van der Waals surface area contributed by atoms with Crippen LogP contribution in [0, 0.1) is 10.1 Å². The topological polar surface area (TPSA) is 110 Å². The molecule has 0 aliphatic rings. The Morgan fingerprint density at radius 1 is 1.53 bits per heavy atom. The van der Waals surface area contributed by atoms with Gasteiger partial charge in [0, 0.05) is 6.07 Å². The van der Waals surface area contributed by atoms with E-state index in [1.165, 1.54) is 12.1 Å². The molecule has 2 aromatic rings. The zero-order valence-corrected chi connectivity index (χ0v) is 9.18. The molecule has 9 heteroatoms. The molecule has 0 fully saturated rings. The molecular formula is C8H7ClN6O2. The average molecular weight is 255 g/mol. The van der Waals surface area contributed by atoms with E-state index in [-0.39, 0.29) is 22.9 Å². The third-order valence-electron chi connectivity index (χ3n) is 2.00. The molecule has 0 radical (unpaired) electrons. The fraction of sp³-hybridized carbons (Fsp3) is 0.125. The van der Waals surface area contributed by atoms with Gasteiger partial charge in [0.2, 0.25) is 0 Å². The number of benzene rings is 1. The van der Waals surface area contributed by atoms with Crippen molar-refractivity contribution in [3.8, 4) is 0 Å². The Bertz CT molecular complexity index is 529. The summed E-state index contributed by atoms with van der Waals surface area (Å²) in [7, 11) is 0. The Hall–Kier alpha value is -2.22. The summed E-state index contributed by atoms with van der Waals surface area (Å²) >= 11 is 5.88. The molecule has 0 saturated carbocycles. The summed E-state index contributed by atoms with van der Waals surface area (Å²) in [6.45, 7) is 0.196. The number of nitrogens with one attached hydrogen (secondary N) is 2. The molecule has 0 aliphatic carbocycles. The number of aromatic nitrogens is 4. The van der Waals surface area contributed by atoms with Gasteiger partial charge in [-0.15, -0.1) is 10.2 Å². The molecule has 0 atom stereocenters. The van der Waals surface area contributed by atoms with Gasteiger partial charge >= 0.3 is 0 Å². The largest absolute Gasteiger partial charge is 0.371 e. The van der Waals surface area contributed by atoms with Crippen LogP contribution in [-0.4, -0.2) is 25.5 Å². The fourth-order valence-electron chi connectivity index (χ4n) is 1.26. The molecule has 0 spiro atoms. The summed E-state index contributed by atoms with van der Waals surface area (Å²) in [5.74, 6) is 0.388. The van der Waals surface area contributed by atoms with Gasteiger partial charge < -0.3 is 5.32 Å². The summed E-state index contributed by atoms with van der Waals surface area (Å²) in [6.07, 6.45) is 0. The molecule has 88 valence electrons. The van der Waals surface area contributed by atoms with Crippen molar-refractivity contribution in [1.82, 2.24) is 20.6 Å². The number of nitrogens with zero attached hydrogens (tertiary/aromatic N) is 4. The van der Waals surface area contributed by atoms with E-state index >= 15 is 0 Å². The smallest absolute Gasteiger partial charge is 0.293 e. The summed E-state index contributed by atoms with van der Waals surface area (Å²) in [4.78, 5) is 10.3. The first kappa shape index (κ1) is 11.3. The lowest BCUT2D eigenvalue weighted by Gasteiger charge is -2.06. The SMILES string of the molecule is O=[N+]([O-])c1cccc(Cl)c1NCc1nn[nH]n1. The predicted molar refractivity (Wildman–Crippen MR) is 59.6 cm³/mol. The summed E-state index contributed by atoms with van der Waals surface area (Å²) in [5.41, 5.74) is 0.143. The summed E-state index contributed by atoms with van der Waals surface area (Å²) in [6, 6.07) is 4.44. The second kappa shape index (κ2) is 4.74. The quantitative estimate of drug-likeness (QED) is 0.630. The number of nitro benzene ring substituents is 1. The number of nitro groups is 1. The Balaban J connectivity index is 2.22. The van der Waals surface area contributed by atoms with Gasteiger partial charge in [0.15, 0.2) is 5.82 Å². The van der Waals surface area contributed by atoms with Crippen LogP contribution in [-0.2, 0) is 6.54 Å². The molecule has 17 heavy (non-hydrogen) atoms. The first-order chi connectivity index (χ1) is 8.18. The van der Waals surface area contributed by atoms with Crippen LogP contribution in [0.3, 0.4) is 0 Å². The van der Waals surface area contributed by atoms with Crippen molar-refractivity contribution in [2.75, 3.05) is 5.32 Å². The lowest BCUT2D eigenvalue weighted by Crippen LogP contribution is -2.04. The van der Waals surface area contributed by atoms with Gasteiger partial charge in [-0.2, -0.15) is 5.21 Å². The second-order valence-corrected chi connectivity index (χ2v) is 3.48. The van der Waals surface area contributed by atoms with Gasteiger partial charge in [0.25, 0.3) is 5.69 Å². The van der Waals surface area contributed by atoms with Crippen molar-refractivity contribution in [2.45, 2.75) is 6.54 Å². The van der Waals surface area contributed by atoms with Crippen LogP contribution in [0.15, 0.2) is 18.2 Å². The van der Waals surface area contributed by atoms with Gasteiger partial charge in [-0.25, -0.2) is 0 Å². The maximum absolute atomic E-state index is 10.8. The highest BCUT2D eigenvalue weighted by Gasteiger charge is 2.16. The molecule has 0 unspecified atom stereocenters. The lowest BCUT2D eigenvalue weighted by molar-refractivity contribution is -0.383. The lowest BCUT2D eigenvalue weighted by atomic mass is 10.2. The number of hydrogen-bond donors (Lipinski definition) is 2. The van der Waals surface area contributed by atoms with Crippen LogP contribution in [0.1, 0.15) is 5.82 Å². The zero-order chi connectivity index (χ0) is 12.3. The monoisotopic (exact) mass is 254 g/mol. The number of anilines is 1. The summed E-state index contributed by atoms with van der Waals surface area (Å²) < 4.78 is 0. The number of halogens is 1. The van der Waals surface area contributed by atoms with E-state index < -0.39 is 4.92 Å². The minimum absolute atomic E-state index is 0.0963. The third kappa shape index (κ3) is 2.48. The van der Waals surface area contributed by atoms with Crippen molar-refractivity contribution in [3.05, 3.63) is 39.2 Å². The number of hydrogen-bond acceptors (Lipinski definition) is 6. The van der Waals surface area contributed by atoms with Gasteiger partial charge in [0.05, 0.1) is 16.5 Å². The molecule has 1 aromatic heterocycles. The molecule has 0 bridgehead atoms. The number of aromatic amines is 1. The highest BCUT2D eigenvalue weighted by molar-refractivity contribution is 6.33. The first-order valence-corrected chi connectivity index (χ1v) is 4.95. The van der Waals surface area contributed by atoms with Crippen LogP contribution in [0.4, 0.5) is 11.4 Å². The van der Waals surface area contributed by atoms with Crippen LogP contribution < -0.4 is 5.32 Å². The Labute approximate surface area is 100 Å². The Morgan fingerprint density at radius 2 is 2.35 bits per heavy atom. The normalized spacial score (nSPS) is 10.2. The average Bonchev–Trinajstić information content (AvgIpc) is 2.80. The van der Waals surface area contributed by atoms with E-state index in [9.17, 15) is 10.1 Å². The van der Waals surface area contributed by atoms with Crippen molar-refractivity contribution in [1.29, 1.82) is 0 Å². The fourth-order valence-corrected chi connectivity index (χ4v) is 1.50.